The highest BCUT2D eigenvalue weighted by atomic mass is 35.5. The van der Waals surface area contributed by atoms with Crippen molar-refractivity contribution < 1.29 is 4.79 Å². The minimum atomic E-state index is 0. The van der Waals surface area contributed by atoms with Gasteiger partial charge in [-0.25, -0.2) is 0 Å². The molecular weight excluding hydrogens is 248 g/mol. The van der Waals surface area contributed by atoms with Crippen molar-refractivity contribution in [2.75, 3.05) is 19.6 Å². The van der Waals surface area contributed by atoms with E-state index in [9.17, 15) is 4.79 Å². The summed E-state index contributed by atoms with van der Waals surface area (Å²) in [6.45, 7) is 7.46. The minimum Gasteiger partial charge on any atom is -0.356 e. The maximum atomic E-state index is 11.9. The summed E-state index contributed by atoms with van der Waals surface area (Å²) in [4.78, 5) is 11.9. The molecular formula is C14H27ClN2O. The summed E-state index contributed by atoms with van der Waals surface area (Å²) < 4.78 is 0. The Labute approximate surface area is 117 Å². The maximum absolute atomic E-state index is 11.9. The van der Waals surface area contributed by atoms with Crippen LogP contribution in [0.15, 0.2) is 0 Å². The van der Waals surface area contributed by atoms with E-state index in [2.05, 4.69) is 24.5 Å². The van der Waals surface area contributed by atoms with Gasteiger partial charge in [0.1, 0.15) is 0 Å². The first kappa shape index (κ1) is 15.8. The average molecular weight is 275 g/mol. The predicted molar refractivity (Wildman–Crippen MR) is 77.0 cm³/mol. The van der Waals surface area contributed by atoms with Gasteiger partial charge in [-0.3, -0.25) is 4.79 Å². The maximum Gasteiger partial charge on any atom is 0.224 e. The van der Waals surface area contributed by atoms with E-state index in [1.807, 2.05) is 0 Å². The Morgan fingerprint density at radius 1 is 1.28 bits per heavy atom. The zero-order valence-electron chi connectivity index (χ0n) is 11.6. The predicted octanol–water partition coefficient (Wildman–Crippen LogP) is 2.35. The van der Waals surface area contributed by atoms with Crippen molar-refractivity contribution in [3.8, 4) is 0 Å². The number of halogens is 1. The highest BCUT2D eigenvalue weighted by Gasteiger charge is 2.28. The van der Waals surface area contributed by atoms with Gasteiger partial charge in [-0.05, 0) is 50.0 Å². The van der Waals surface area contributed by atoms with Gasteiger partial charge in [0.2, 0.25) is 5.91 Å². The van der Waals surface area contributed by atoms with Crippen LogP contribution < -0.4 is 10.6 Å². The van der Waals surface area contributed by atoms with Crippen molar-refractivity contribution in [2.45, 2.75) is 46.0 Å². The number of hydrogen-bond donors (Lipinski definition) is 2. The number of amides is 1. The van der Waals surface area contributed by atoms with Crippen molar-refractivity contribution in [3.05, 3.63) is 0 Å². The fourth-order valence-electron chi connectivity index (χ4n) is 2.93. The quantitative estimate of drug-likeness (QED) is 0.830. The van der Waals surface area contributed by atoms with Crippen LogP contribution in [0.2, 0.25) is 0 Å². The highest BCUT2D eigenvalue weighted by molar-refractivity contribution is 5.85. The van der Waals surface area contributed by atoms with Gasteiger partial charge >= 0.3 is 0 Å². The summed E-state index contributed by atoms with van der Waals surface area (Å²) in [7, 11) is 0. The van der Waals surface area contributed by atoms with Crippen molar-refractivity contribution in [1.82, 2.24) is 10.6 Å². The third kappa shape index (κ3) is 4.43. The van der Waals surface area contributed by atoms with E-state index in [1.54, 1.807) is 0 Å². The molecule has 1 aliphatic heterocycles. The van der Waals surface area contributed by atoms with Crippen molar-refractivity contribution in [2.24, 2.45) is 17.3 Å². The third-order valence-electron chi connectivity index (χ3n) is 4.45. The average Bonchev–Trinajstić information content (AvgIpc) is 2.80. The molecule has 0 spiro atoms. The topological polar surface area (TPSA) is 41.1 Å². The number of hydrogen-bond acceptors (Lipinski definition) is 2. The highest BCUT2D eigenvalue weighted by Crippen LogP contribution is 2.37. The molecule has 0 radical (unpaired) electrons. The molecule has 2 aliphatic rings. The Hall–Kier alpha value is -0.280. The second-order valence-electron chi connectivity index (χ2n) is 6.54. The van der Waals surface area contributed by atoms with E-state index < -0.39 is 0 Å². The summed E-state index contributed by atoms with van der Waals surface area (Å²) in [5.74, 6) is 1.19. The van der Waals surface area contributed by atoms with Crippen LogP contribution in [0.3, 0.4) is 0 Å². The lowest BCUT2D eigenvalue weighted by atomic mass is 9.73. The van der Waals surface area contributed by atoms with Gasteiger partial charge in [0.05, 0.1) is 5.92 Å². The van der Waals surface area contributed by atoms with E-state index in [-0.39, 0.29) is 24.2 Å². The number of carbonyl (C=O) groups excluding carboxylic acids is 1. The van der Waals surface area contributed by atoms with E-state index in [4.69, 9.17) is 0 Å². The second kappa shape index (κ2) is 6.76. The SMILES string of the molecule is CC1(C)CCC(CNC(=O)C2CCNC2)CC1.Cl. The van der Waals surface area contributed by atoms with Crippen LogP contribution in [0, 0.1) is 17.3 Å². The lowest BCUT2D eigenvalue weighted by Gasteiger charge is -2.34. The summed E-state index contributed by atoms with van der Waals surface area (Å²) in [5.41, 5.74) is 0.524. The molecule has 1 saturated carbocycles. The van der Waals surface area contributed by atoms with E-state index in [1.165, 1.54) is 25.7 Å². The molecule has 18 heavy (non-hydrogen) atoms. The molecule has 1 aliphatic carbocycles. The van der Waals surface area contributed by atoms with Crippen LogP contribution in [0.4, 0.5) is 0 Å². The Kier molecular flexibility index (Phi) is 5.93. The first-order valence-electron chi connectivity index (χ1n) is 7.05. The first-order chi connectivity index (χ1) is 8.07. The molecule has 0 aromatic rings. The van der Waals surface area contributed by atoms with E-state index in [0.29, 0.717) is 11.3 Å². The lowest BCUT2D eigenvalue weighted by molar-refractivity contribution is -0.124. The van der Waals surface area contributed by atoms with Gasteiger partial charge < -0.3 is 10.6 Å². The van der Waals surface area contributed by atoms with Crippen LogP contribution in [-0.2, 0) is 4.79 Å². The first-order valence-corrected chi connectivity index (χ1v) is 7.05. The lowest BCUT2D eigenvalue weighted by Crippen LogP contribution is -2.37. The van der Waals surface area contributed by atoms with Crippen molar-refractivity contribution in [3.63, 3.8) is 0 Å². The summed E-state index contributed by atoms with van der Waals surface area (Å²) in [6.07, 6.45) is 6.16. The molecule has 2 N–H and O–H groups in total. The Morgan fingerprint density at radius 3 is 2.50 bits per heavy atom. The van der Waals surface area contributed by atoms with Gasteiger partial charge in [-0.2, -0.15) is 0 Å². The molecule has 1 heterocycles. The fourth-order valence-corrected chi connectivity index (χ4v) is 2.93. The van der Waals surface area contributed by atoms with Crippen LogP contribution in [0.25, 0.3) is 0 Å². The van der Waals surface area contributed by atoms with Gasteiger partial charge in [-0.1, -0.05) is 13.8 Å². The molecule has 4 heteroatoms. The van der Waals surface area contributed by atoms with Gasteiger partial charge in [0, 0.05) is 13.1 Å². The molecule has 2 fully saturated rings. The number of carbonyl (C=O) groups is 1. The number of nitrogens with one attached hydrogen (secondary N) is 2. The third-order valence-corrected chi connectivity index (χ3v) is 4.45. The monoisotopic (exact) mass is 274 g/mol. The van der Waals surface area contributed by atoms with Crippen LogP contribution in [0.5, 0.6) is 0 Å². The summed E-state index contributed by atoms with van der Waals surface area (Å²) >= 11 is 0. The molecule has 1 unspecified atom stereocenters. The Bertz CT molecular complexity index is 265. The zero-order valence-corrected chi connectivity index (χ0v) is 12.4. The molecule has 1 amide bonds. The molecule has 0 aromatic heterocycles. The van der Waals surface area contributed by atoms with Crippen molar-refractivity contribution in [1.29, 1.82) is 0 Å². The van der Waals surface area contributed by atoms with Gasteiger partial charge in [0.15, 0.2) is 0 Å². The molecule has 1 atom stereocenters. The van der Waals surface area contributed by atoms with E-state index in [0.717, 1.165) is 26.1 Å². The molecule has 106 valence electrons. The Balaban J connectivity index is 0.00000162. The molecule has 0 bridgehead atoms. The van der Waals surface area contributed by atoms with E-state index >= 15 is 0 Å². The molecule has 2 rings (SSSR count). The molecule has 3 nitrogen and oxygen atoms in total. The zero-order chi connectivity index (χ0) is 12.3. The molecule has 0 aromatic carbocycles. The second-order valence-corrected chi connectivity index (χ2v) is 6.54. The van der Waals surface area contributed by atoms with Gasteiger partial charge in [-0.15, -0.1) is 12.4 Å². The number of rotatable bonds is 3. The van der Waals surface area contributed by atoms with Crippen molar-refractivity contribution >= 4 is 18.3 Å². The Morgan fingerprint density at radius 2 is 1.94 bits per heavy atom. The van der Waals surface area contributed by atoms with Crippen LogP contribution in [0.1, 0.15) is 46.0 Å². The van der Waals surface area contributed by atoms with Crippen LogP contribution >= 0.6 is 12.4 Å². The standard InChI is InChI=1S/C14H26N2O.ClH/c1-14(2)6-3-11(4-7-14)9-16-13(17)12-5-8-15-10-12;/h11-12,15H,3-10H2,1-2H3,(H,16,17);1H. The normalized spacial score (nSPS) is 27.6. The summed E-state index contributed by atoms with van der Waals surface area (Å²) in [6, 6.07) is 0. The molecule has 1 saturated heterocycles. The summed E-state index contributed by atoms with van der Waals surface area (Å²) in [5, 5.41) is 6.38. The largest absolute Gasteiger partial charge is 0.356 e. The minimum absolute atomic E-state index is 0. The van der Waals surface area contributed by atoms with Gasteiger partial charge in [0.25, 0.3) is 0 Å². The van der Waals surface area contributed by atoms with Crippen LogP contribution in [-0.4, -0.2) is 25.5 Å². The smallest absolute Gasteiger partial charge is 0.224 e. The fraction of sp³-hybridized carbons (Fsp3) is 0.929.